The summed E-state index contributed by atoms with van der Waals surface area (Å²) in [6.07, 6.45) is -4.64. The van der Waals surface area contributed by atoms with E-state index in [1.165, 1.54) is 0 Å². The minimum Gasteiger partial charge on any atom is -0.373 e. The van der Waals surface area contributed by atoms with E-state index in [0.717, 1.165) is 12.1 Å². The number of aryl methyl sites for hydroxylation is 2. The van der Waals surface area contributed by atoms with Crippen LogP contribution >= 0.6 is 0 Å². The van der Waals surface area contributed by atoms with Gasteiger partial charge in [-0.15, -0.1) is 0 Å². The van der Waals surface area contributed by atoms with E-state index in [2.05, 4.69) is 10.5 Å². The maximum Gasteiger partial charge on any atom is 0.416 e. The minimum atomic E-state index is -4.64. The molecule has 0 fully saturated rings. The van der Waals surface area contributed by atoms with Gasteiger partial charge in [-0.1, -0.05) is 5.16 Å². The zero-order valence-electron chi connectivity index (χ0n) is 12.6. The van der Waals surface area contributed by atoms with Crippen molar-refractivity contribution in [3.63, 3.8) is 0 Å². The molecule has 9 heteroatoms. The largest absolute Gasteiger partial charge is 0.416 e. The van der Waals surface area contributed by atoms with E-state index < -0.39 is 28.4 Å². The summed E-state index contributed by atoms with van der Waals surface area (Å²) < 4.78 is 43.1. The number of aromatic nitrogens is 1. The Morgan fingerprint density at radius 1 is 1.35 bits per heavy atom. The first-order chi connectivity index (χ1) is 10.6. The second kappa shape index (κ2) is 5.90. The number of rotatable bonds is 4. The minimum absolute atomic E-state index is 0.00417. The highest BCUT2D eigenvalue weighted by atomic mass is 19.4. The number of anilines is 1. The molecule has 0 aliphatic heterocycles. The Morgan fingerprint density at radius 3 is 2.48 bits per heavy atom. The van der Waals surface area contributed by atoms with Gasteiger partial charge in [0.25, 0.3) is 5.69 Å². The number of hydrogen-bond acceptors (Lipinski definition) is 5. The third kappa shape index (κ3) is 3.43. The van der Waals surface area contributed by atoms with Crippen molar-refractivity contribution in [2.75, 3.05) is 5.32 Å². The van der Waals surface area contributed by atoms with E-state index in [0.29, 0.717) is 23.1 Å². The summed E-state index contributed by atoms with van der Waals surface area (Å²) in [4.78, 5) is 10.2. The number of benzene rings is 1. The molecule has 124 valence electrons. The molecule has 0 aliphatic carbocycles. The Balaban J connectivity index is 2.38. The molecule has 2 rings (SSSR count). The Morgan fingerprint density at radius 2 is 2.00 bits per heavy atom. The van der Waals surface area contributed by atoms with Crippen molar-refractivity contribution in [3.05, 3.63) is 50.9 Å². The lowest BCUT2D eigenvalue weighted by Gasteiger charge is -2.16. The molecule has 6 nitrogen and oxygen atoms in total. The summed E-state index contributed by atoms with van der Waals surface area (Å²) in [6.45, 7) is 5.12. The van der Waals surface area contributed by atoms with Crippen LogP contribution in [-0.2, 0) is 6.18 Å². The van der Waals surface area contributed by atoms with E-state index in [1.54, 1.807) is 20.8 Å². The number of hydrogen-bond donors (Lipinski definition) is 1. The highest BCUT2D eigenvalue weighted by molar-refractivity contribution is 5.64. The smallest absolute Gasteiger partial charge is 0.373 e. The van der Waals surface area contributed by atoms with E-state index in [-0.39, 0.29) is 5.69 Å². The molecule has 0 aliphatic rings. The van der Waals surface area contributed by atoms with Gasteiger partial charge in [-0.05, 0) is 32.9 Å². The number of alkyl halides is 3. The predicted molar refractivity (Wildman–Crippen MR) is 76.1 cm³/mol. The summed E-state index contributed by atoms with van der Waals surface area (Å²) in [7, 11) is 0. The second-order valence-electron chi connectivity index (χ2n) is 5.09. The molecule has 0 amide bonds. The van der Waals surface area contributed by atoms with Crippen molar-refractivity contribution in [1.29, 1.82) is 0 Å². The summed E-state index contributed by atoms with van der Waals surface area (Å²) in [5.74, 6) is 0.539. The summed E-state index contributed by atoms with van der Waals surface area (Å²) >= 11 is 0. The molecular weight excluding hydrogens is 315 g/mol. The molecular formula is C14H14F3N3O3. The lowest BCUT2D eigenvalue weighted by molar-refractivity contribution is -0.384. The van der Waals surface area contributed by atoms with Crippen molar-refractivity contribution in [2.24, 2.45) is 0 Å². The van der Waals surface area contributed by atoms with Crippen molar-refractivity contribution in [2.45, 2.75) is 33.0 Å². The molecule has 0 saturated carbocycles. The maximum atomic E-state index is 12.7. The highest BCUT2D eigenvalue weighted by Crippen LogP contribution is 2.36. The van der Waals surface area contributed by atoms with Gasteiger partial charge in [-0.3, -0.25) is 10.1 Å². The van der Waals surface area contributed by atoms with Gasteiger partial charge in [0.1, 0.15) is 11.4 Å². The first kappa shape index (κ1) is 16.8. The van der Waals surface area contributed by atoms with Gasteiger partial charge in [0, 0.05) is 11.6 Å². The molecule has 1 aromatic carbocycles. The standard InChI is InChI=1S/C14H14F3N3O3/c1-7(13-8(2)19-23-9(13)3)18-11-5-4-10(14(15,16)17)6-12(11)20(21)22/h4-7,18H,1-3H3. The topological polar surface area (TPSA) is 81.2 Å². The van der Waals surface area contributed by atoms with Gasteiger partial charge >= 0.3 is 6.18 Å². The van der Waals surface area contributed by atoms with Crippen molar-refractivity contribution in [3.8, 4) is 0 Å². The average Bonchev–Trinajstić information content (AvgIpc) is 2.77. The Labute approximate surface area is 129 Å². The van der Waals surface area contributed by atoms with Crippen LogP contribution in [0.5, 0.6) is 0 Å². The van der Waals surface area contributed by atoms with E-state index in [1.807, 2.05) is 0 Å². The van der Waals surface area contributed by atoms with Crippen LogP contribution in [0.15, 0.2) is 22.7 Å². The van der Waals surface area contributed by atoms with Crippen LogP contribution in [0.4, 0.5) is 24.5 Å². The molecule has 0 spiro atoms. The molecule has 0 radical (unpaired) electrons. The third-order valence-corrected chi connectivity index (χ3v) is 3.42. The van der Waals surface area contributed by atoms with Crippen LogP contribution in [0, 0.1) is 24.0 Å². The Kier molecular flexibility index (Phi) is 4.31. The zero-order valence-corrected chi connectivity index (χ0v) is 12.6. The van der Waals surface area contributed by atoms with Gasteiger partial charge in [0.05, 0.1) is 22.2 Å². The quantitative estimate of drug-likeness (QED) is 0.664. The van der Waals surface area contributed by atoms with Crippen LogP contribution in [0.3, 0.4) is 0 Å². The zero-order chi connectivity index (χ0) is 17.4. The van der Waals surface area contributed by atoms with Gasteiger partial charge in [-0.2, -0.15) is 13.2 Å². The molecule has 23 heavy (non-hydrogen) atoms. The molecule has 0 bridgehead atoms. The molecule has 1 atom stereocenters. The molecule has 1 N–H and O–H groups in total. The monoisotopic (exact) mass is 329 g/mol. The van der Waals surface area contributed by atoms with Gasteiger partial charge in [-0.25, -0.2) is 0 Å². The van der Waals surface area contributed by atoms with Crippen molar-refractivity contribution < 1.29 is 22.6 Å². The fourth-order valence-electron chi connectivity index (χ4n) is 2.39. The van der Waals surface area contributed by atoms with Gasteiger partial charge in [0.15, 0.2) is 0 Å². The van der Waals surface area contributed by atoms with Crippen LogP contribution in [0.2, 0.25) is 0 Å². The number of nitro groups is 1. The molecule has 0 saturated heterocycles. The van der Waals surface area contributed by atoms with Crippen LogP contribution < -0.4 is 5.32 Å². The van der Waals surface area contributed by atoms with Crippen molar-refractivity contribution in [1.82, 2.24) is 5.16 Å². The SMILES string of the molecule is Cc1noc(C)c1C(C)Nc1ccc(C(F)(F)F)cc1[N+](=O)[O-]. The lowest BCUT2D eigenvalue weighted by Crippen LogP contribution is -2.11. The Hall–Kier alpha value is -2.58. The predicted octanol–water partition coefficient (Wildman–Crippen LogP) is 4.39. The van der Waals surface area contributed by atoms with Crippen LogP contribution in [0.25, 0.3) is 0 Å². The van der Waals surface area contributed by atoms with E-state index >= 15 is 0 Å². The maximum absolute atomic E-state index is 12.7. The van der Waals surface area contributed by atoms with Gasteiger partial charge < -0.3 is 9.84 Å². The fourth-order valence-corrected chi connectivity index (χ4v) is 2.39. The summed E-state index contributed by atoms with van der Waals surface area (Å²) in [5, 5.41) is 17.7. The normalized spacial score (nSPS) is 13.0. The molecule has 1 heterocycles. The number of nitro benzene ring substituents is 1. The highest BCUT2D eigenvalue weighted by Gasteiger charge is 2.33. The van der Waals surface area contributed by atoms with Crippen LogP contribution in [0.1, 0.15) is 35.5 Å². The number of nitrogens with zero attached hydrogens (tertiary/aromatic N) is 2. The van der Waals surface area contributed by atoms with E-state index in [4.69, 9.17) is 4.52 Å². The molecule has 1 aromatic heterocycles. The first-order valence-electron chi connectivity index (χ1n) is 6.66. The number of halogens is 3. The Bertz CT molecular complexity index is 721. The van der Waals surface area contributed by atoms with Gasteiger partial charge in [0.2, 0.25) is 0 Å². The summed E-state index contributed by atoms with van der Waals surface area (Å²) in [6, 6.07) is 1.95. The fraction of sp³-hybridized carbons (Fsp3) is 0.357. The average molecular weight is 329 g/mol. The first-order valence-corrected chi connectivity index (χ1v) is 6.66. The van der Waals surface area contributed by atoms with Crippen molar-refractivity contribution >= 4 is 11.4 Å². The number of nitrogens with one attached hydrogen (secondary N) is 1. The molecule has 2 aromatic rings. The van der Waals surface area contributed by atoms with Crippen LogP contribution in [-0.4, -0.2) is 10.1 Å². The summed E-state index contributed by atoms with van der Waals surface area (Å²) in [5.41, 5.74) is -0.398. The molecule has 1 unspecified atom stereocenters. The third-order valence-electron chi connectivity index (χ3n) is 3.42. The van der Waals surface area contributed by atoms with E-state index in [9.17, 15) is 23.3 Å². The second-order valence-corrected chi connectivity index (χ2v) is 5.09. The lowest BCUT2D eigenvalue weighted by atomic mass is 10.1.